The van der Waals surface area contributed by atoms with Crippen molar-refractivity contribution >= 4 is 28.8 Å². The van der Waals surface area contributed by atoms with Gasteiger partial charge in [0.15, 0.2) is 0 Å². The Kier molecular flexibility index (Phi) is 6.36. The number of likely N-dealkylation sites (tertiary alicyclic amines) is 1. The highest BCUT2D eigenvalue weighted by atomic mass is 32.1. The van der Waals surface area contributed by atoms with Crippen molar-refractivity contribution in [3.05, 3.63) is 58.7 Å². The van der Waals surface area contributed by atoms with Crippen molar-refractivity contribution in [2.75, 3.05) is 25.5 Å². The summed E-state index contributed by atoms with van der Waals surface area (Å²) < 4.78 is 0. The van der Waals surface area contributed by atoms with E-state index in [2.05, 4.69) is 22.2 Å². The Bertz CT molecular complexity index is 810. The largest absolute Gasteiger partial charge is 0.361 e. The maximum absolute atomic E-state index is 13.0. The molecule has 0 aliphatic carbocycles. The molecule has 2 aromatic rings. The van der Waals surface area contributed by atoms with Gasteiger partial charge in [0.1, 0.15) is 5.84 Å². The van der Waals surface area contributed by atoms with Gasteiger partial charge in [-0.3, -0.25) is 20.1 Å². The molecular formula is C20H25N5OS. The summed E-state index contributed by atoms with van der Waals surface area (Å²) in [4.78, 5) is 21.7. The average molecular weight is 384 g/mol. The second-order valence-corrected chi connectivity index (χ2v) is 7.69. The molecule has 3 heterocycles. The van der Waals surface area contributed by atoms with E-state index in [1.54, 1.807) is 29.6 Å². The van der Waals surface area contributed by atoms with Gasteiger partial charge in [-0.25, -0.2) is 0 Å². The van der Waals surface area contributed by atoms with Crippen LogP contribution in [0.3, 0.4) is 0 Å². The molecular weight excluding hydrogens is 358 g/mol. The van der Waals surface area contributed by atoms with Crippen LogP contribution in [0, 0.1) is 12.3 Å². The molecule has 1 saturated heterocycles. The van der Waals surface area contributed by atoms with Gasteiger partial charge in [-0.2, -0.15) is 0 Å². The zero-order chi connectivity index (χ0) is 19.2. The predicted octanol–water partition coefficient (Wildman–Crippen LogP) is 3.59. The van der Waals surface area contributed by atoms with E-state index in [9.17, 15) is 4.79 Å². The summed E-state index contributed by atoms with van der Waals surface area (Å²) in [6.07, 6.45) is 8.63. The van der Waals surface area contributed by atoms with E-state index in [1.165, 1.54) is 11.3 Å². The zero-order valence-electron chi connectivity index (χ0n) is 15.7. The van der Waals surface area contributed by atoms with Crippen LogP contribution in [0.1, 0.15) is 28.1 Å². The van der Waals surface area contributed by atoms with Crippen LogP contribution < -0.4 is 5.32 Å². The van der Waals surface area contributed by atoms with Crippen LogP contribution in [0.15, 0.2) is 48.2 Å². The molecule has 2 aromatic heterocycles. The highest BCUT2D eigenvalue weighted by Gasteiger charge is 2.30. The van der Waals surface area contributed by atoms with Crippen molar-refractivity contribution in [1.29, 1.82) is 5.41 Å². The number of amides is 1. The van der Waals surface area contributed by atoms with E-state index in [-0.39, 0.29) is 17.8 Å². The third-order valence-corrected chi connectivity index (χ3v) is 5.62. The topological polar surface area (TPSA) is 72.3 Å². The fourth-order valence-electron chi connectivity index (χ4n) is 3.17. The van der Waals surface area contributed by atoms with E-state index in [4.69, 9.17) is 5.41 Å². The highest BCUT2D eigenvalue weighted by molar-refractivity contribution is 7.12. The van der Waals surface area contributed by atoms with Crippen molar-refractivity contribution in [3.63, 3.8) is 0 Å². The lowest BCUT2D eigenvalue weighted by Crippen LogP contribution is -2.48. The molecule has 0 saturated carbocycles. The van der Waals surface area contributed by atoms with Gasteiger partial charge in [-0.1, -0.05) is 6.07 Å². The summed E-state index contributed by atoms with van der Waals surface area (Å²) in [5.41, 5.74) is 1.96. The van der Waals surface area contributed by atoms with Gasteiger partial charge in [-0.15, -0.1) is 11.3 Å². The Balaban J connectivity index is 1.75. The quantitative estimate of drug-likeness (QED) is 0.611. The number of carbonyl (C=O) groups excluding carboxylic acids is 1. The number of nitrogens with one attached hydrogen (secondary N) is 2. The molecule has 7 heteroatoms. The van der Waals surface area contributed by atoms with E-state index in [0.29, 0.717) is 4.88 Å². The molecule has 142 valence electrons. The van der Waals surface area contributed by atoms with E-state index in [1.807, 2.05) is 30.5 Å². The van der Waals surface area contributed by atoms with Gasteiger partial charge in [0.2, 0.25) is 0 Å². The molecule has 27 heavy (non-hydrogen) atoms. The normalized spacial score (nSPS) is 15.8. The number of thiophene rings is 1. The summed E-state index contributed by atoms with van der Waals surface area (Å²) in [5.74, 6) is 0.122. The van der Waals surface area contributed by atoms with Crippen LogP contribution in [0.2, 0.25) is 0 Å². The lowest BCUT2D eigenvalue weighted by molar-refractivity contribution is 0.0753. The summed E-state index contributed by atoms with van der Waals surface area (Å²) in [6, 6.07) is 5.63. The summed E-state index contributed by atoms with van der Waals surface area (Å²) in [6.45, 7) is 3.84. The first kappa shape index (κ1) is 19.3. The Morgan fingerprint density at radius 2 is 2.19 bits per heavy atom. The summed E-state index contributed by atoms with van der Waals surface area (Å²) in [5, 5.41) is 13.6. The molecule has 1 aliphatic rings. The van der Waals surface area contributed by atoms with Crippen LogP contribution in [0.25, 0.3) is 0 Å². The third kappa shape index (κ3) is 4.81. The van der Waals surface area contributed by atoms with Crippen LogP contribution in [0.5, 0.6) is 0 Å². The number of rotatable bonds is 5. The molecule has 0 radical (unpaired) electrons. The van der Waals surface area contributed by atoms with Gasteiger partial charge in [0.25, 0.3) is 5.91 Å². The van der Waals surface area contributed by atoms with E-state index >= 15 is 0 Å². The molecule has 0 bridgehead atoms. The minimum Gasteiger partial charge on any atom is -0.361 e. The number of hydrogen-bond donors (Lipinski definition) is 2. The van der Waals surface area contributed by atoms with Gasteiger partial charge >= 0.3 is 0 Å². The second-order valence-electron chi connectivity index (χ2n) is 6.74. The summed E-state index contributed by atoms with van der Waals surface area (Å²) in [7, 11) is 2.09. The molecule has 0 atom stereocenters. The molecule has 2 N–H and O–H groups in total. The lowest BCUT2D eigenvalue weighted by Gasteiger charge is -2.36. The number of carbonyl (C=O) groups is 1. The highest BCUT2D eigenvalue weighted by Crippen LogP contribution is 2.21. The number of nitrogens with zero attached hydrogens (tertiary/aromatic N) is 3. The first-order valence-corrected chi connectivity index (χ1v) is 9.92. The molecule has 1 fully saturated rings. The Morgan fingerprint density at radius 3 is 2.85 bits per heavy atom. The molecule has 1 aliphatic heterocycles. The molecule has 0 spiro atoms. The number of anilines is 1. The molecule has 1 amide bonds. The van der Waals surface area contributed by atoms with Crippen molar-refractivity contribution in [2.45, 2.75) is 25.8 Å². The van der Waals surface area contributed by atoms with Gasteiger partial charge in [0.05, 0.1) is 4.88 Å². The molecule has 0 unspecified atom stereocenters. The van der Waals surface area contributed by atoms with Gasteiger partial charge in [-0.05, 0) is 69.1 Å². The lowest BCUT2D eigenvalue weighted by atomic mass is 10.0. The monoisotopic (exact) mass is 383 g/mol. The van der Waals surface area contributed by atoms with E-state index in [0.717, 1.165) is 37.2 Å². The fourth-order valence-corrected chi connectivity index (χ4v) is 3.83. The molecule has 0 aromatic carbocycles. The number of piperidine rings is 1. The number of aromatic nitrogens is 1. The van der Waals surface area contributed by atoms with Crippen LogP contribution in [0.4, 0.5) is 5.69 Å². The van der Waals surface area contributed by atoms with Crippen molar-refractivity contribution in [2.24, 2.45) is 0 Å². The second kappa shape index (κ2) is 8.92. The predicted molar refractivity (Wildman–Crippen MR) is 110 cm³/mol. The Labute approximate surface area is 164 Å². The van der Waals surface area contributed by atoms with Crippen molar-refractivity contribution in [3.8, 4) is 0 Å². The maximum atomic E-state index is 13.0. The first-order chi connectivity index (χ1) is 13.1. The van der Waals surface area contributed by atoms with Crippen molar-refractivity contribution < 1.29 is 4.79 Å². The van der Waals surface area contributed by atoms with Crippen LogP contribution in [-0.2, 0) is 0 Å². The Hall–Kier alpha value is -2.51. The van der Waals surface area contributed by atoms with Crippen LogP contribution >= 0.6 is 11.3 Å². The standard InChI is InChI=1S/C20H25N5OS/c1-15-14-22-9-5-17(15)23-10-6-19(21)25(16-7-11-24(2)12-8-16)20(26)18-4-3-13-27-18/h3-6,9-10,13-14,16,21H,7-8,11-12H2,1-2H3,(H,22,23)/b10-6-,21-19?. The average Bonchev–Trinajstić information content (AvgIpc) is 3.20. The maximum Gasteiger partial charge on any atom is 0.269 e. The minimum atomic E-state index is -0.0886. The first-order valence-electron chi connectivity index (χ1n) is 9.04. The number of aryl methyl sites for hydroxylation is 1. The van der Waals surface area contributed by atoms with E-state index < -0.39 is 0 Å². The number of pyridine rings is 1. The molecule has 6 nitrogen and oxygen atoms in total. The Morgan fingerprint density at radius 1 is 1.41 bits per heavy atom. The smallest absolute Gasteiger partial charge is 0.269 e. The minimum absolute atomic E-state index is 0.0515. The number of amidine groups is 1. The van der Waals surface area contributed by atoms with Crippen molar-refractivity contribution in [1.82, 2.24) is 14.8 Å². The fraction of sp³-hybridized carbons (Fsp3) is 0.350. The number of hydrogen-bond acceptors (Lipinski definition) is 6. The van der Waals surface area contributed by atoms with Crippen LogP contribution in [-0.4, -0.2) is 52.7 Å². The summed E-state index contributed by atoms with van der Waals surface area (Å²) >= 11 is 1.42. The SMILES string of the molecule is Cc1cnccc1N/C=C\C(=N)N(C(=O)c1cccs1)C1CCN(C)CC1. The molecule has 3 rings (SSSR count). The van der Waals surface area contributed by atoms with Gasteiger partial charge in [0, 0.05) is 30.3 Å². The van der Waals surface area contributed by atoms with Gasteiger partial charge < -0.3 is 10.2 Å². The third-order valence-electron chi connectivity index (χ3n) is 4.76. The zero-order valence-corrected chi connectivity index (χ0v) is 16.5.